The Hall–Kier alpha value is -4.61. The normalized spacial score (nSPS) is 16.0. The highest BCUT2D eigenvalue weighted by Gasteiger charge is 2.34. The number of rotatable bonds is 11. The zero-order valence-corrected chi connectivity index (χ0v) is 32.0. The van der Waals surface area contributed by atoms with Crippen LogP contribution >= 0.6 is 22.9 Å². The number of halogens is 1. The molecule has 0 saturated carbocycles. The lowest BCUT2D eigenvalue weighted by atomic mass is 9.99. The summed E-state index contributed by atoms with van der Waals surface area (Å²) in [7, 11) is 0. The molecule has 0 spiro atoms. The van der Waals surface area contributed by atoms with E-state index in [0.717, 1.165) is 60.1 Å². The van der Waals surface area contributed by atoms with E-state index in [1.807, 2.05) is 36.1 Å². The van der Waals surface area contributed by atoms with Gasteiger partial charge in [-0.3, -0.25) is 14.4 Å². The first-order valence-electron chi connectivity index (χ1n) is 18.4. The third kappa shape index (κ3) is 7.33. The van der Waals surface area contributed by atoms with Crippen LogP contribution in [0.15, 0.2) is 90.1 Å². The molecule has 2 aliphatic heterocycles. The predicted molar refractivity (Wildman–Crippen MR) is 213 cm³/mol. The Balaban J connectivity index is 0.862. The molecule has 2 aliphatic rings. The molecule has 53 heavy (non-hydrogen) atoms. The van der Waals surface area contributed by atoms with E-state index in [1.54, 1.807) is 11.3 Å². The predicted octanol–water partition coefficient (Wildman–Crippen LogP) is 7.99. The summed E-state index contributed by atoms with van der Waals surface area (Å²) in [5.74, 6) is 1.57. The Bertz CT molecular complexity index is 2270. The zero-order chi connectivity index (χ0) is 36.5. The number of benzene rings is 3. The Kier molecular flexibility index (Phi) is 10.3. The smallest absolute Gasteiger partial charge is 0.225 e. The Morgan fingerprint density at radius 3 is 2.55 bits per heavy atom. The number of aliphatic imine (C=N–C) groups is 1. The summed E-state index contributed by atoms with van der Waals surface area (Å²) in [4.78, 5) is 22.3. The van der Waals surface area contributed by atoms with Crippen LogP contribution in [-0.2, 0) is 22.6 Å². The lowest BCUT2D eigenvalue weighted by Gasteiger charge is -2.32. The maximum atomic E-state index is 13.9. The van der Waals surface area contributed by atoms with Gasteiger partial charge in [0.05, 0.1) is 24.8 Å². The van der Waals surface area contributed by atoms with Crippen molar-refractivity contribution < 1.29 is 9.53 Å². The van der Waals surface area contributed by atoms with E-state index in [1.165, 1.54) is 32.5 Å². The Labute approximate surface area is 319 Å². The maximum absolute atomic E-state index is 13.9. The van der Waals surface area contributed by atoms with Crippen molar-refractivity contribution in [1.29, 1.82) is 0 Å². The van der Waals surface area contributed by atoms with Gasteiger partial charge in [0.15, 0.2) is 5.82 Å². The average Bonchev–Trinajstić information content (AvgIpc) is 3.82. The van der Waals surface area contributed by atoms with Crippen molar-refractivity contribution in [3.05, 3.63) is 134 Å². The average molecular weight is 746 g/mol. The van der Waals surface area contributed by atoms with Crippen LogP contribution in [-0.4, -0.2) is 68.2 Å². The van der Waals surface area contributed by atoms with Gasteiger partial charge in [-0.15, -0.1) is 21.5 Å². The van der Waals surface area contributed by atoms with Crippen molar-refractivity contribution >= 4 is 45.5 Å². The number of likely N-dealkylation sites (tertiary alicyclic amines) is 1. The van der Waals surface area contributed by atoms with Crippen LogP contribution in [0.2, 0.25) is 5.02 Å². The van der Waals surface area contributed by atoms with E-state index < -0.39 is 6.04 Å². The van der Waals surface area contributed by atoms with E-state index in [-0.39, 0.29) is 18.4 Å². The number of ether oxygens (including phenoxy) is 1. The van der Waals surface area contributed by atoms with Crippen LogP contribution in [0.1, 0.15) is 69.6 Å². The van der Waals surface area contributed by atoms with E-state index in [2.05, 4.69) is 99.3 Å². The minimum atomic E-state index is -0.470. The van der Waals surface area contributed by atoms with Gasteiger partial charge in [0.25, 0.3) is 0 Å². The number of thiophene rings is 1. The van der Waals surface area contributed by atoms with E-state index in [4.69, 9.17) is 21.3 Å². The number of fused-ring (bicyclic) bond motifs is 4. The number of carbonyl (C=O) groups is 1. The number of aryl methyl sites for hydroxylation is 2. The van der Waals surface area contributed by atoms with Crippen molar-refractivity contribution in [2.45, 2.75) is 65.3 Å². The summed E-state index contributed by atoms with van der Waals surface area (Å²) in [6.45, 7) is 10.6. The number of carbonyl (C=O) groups excluding carboxylic acids is 1. The zero-order valence-electron chi connectivity index (χ0n) is 30.4. The molecule has 1 saturated heterocycles. The van der Waals surface area contributed by atoms with Crippen LogP contribution in [0, 0.1) is 20.8 Å². The van der Waals surface area contributed by atoms with Crippen LogP contribution < -0.4 is 5.32 Å². The van der Waals surface area contributed by atoms with Gasteiger partial charge in [-0.1, -0.05) is 66.2 Å². The molecule has 1 N–H and O–H groups in total. The topological polar surface area (TPSA) is 89.6 Å². The molecule has 5 heterocycles. The first kappa shape index (κ1) is 35.4. The fraction of sp³-hybridized carbons (Fsp3) is 0.333. The highest BCUT2D eigenvalue weighted by atomic mass is 35.5. The lowest BCUT2D eigenvalue weighted by Crippen LogP contribution is -2.41. The molecule has 1 atom stereocenters. The summed E-state index contributed by atoms with van der Waals surface area (Å²) < 4.78 is 10.7. The van der Waals surface area contributed by atoms with Crippen LogP contribution in [0.25, 0.3) is 15.9 Å². The monoisotopic (exact) mass is 745 g/mol. The first-order valence-corrected chi connectivity index (χ1v) is 19.6. The minimum Gasteiger partial charge on any atom is -0.377 e. The lowest BCUT2D eigenvalue weighted by molar-refractivity contribution is -0.134. The second kappa shape index (κ2) is 15.4. The van der Waals surface area contributed by atoms with Gasteiger partial charge in [0.1, 0.15) is 16.9 Å². The SMILES string of the molecule is Cc1sc2c(c1C)C(c1ccc(Cl)cc1)=NC(CC(=O)N1CCC(OCCNCc3cccc4c3ccn4Cc3ccccc3)CC1)c1nnc(C)n1-2. The Morgan fingerprint density at radius 2 is 1.75 bits per heavy atom. The summed E-state index contributed by atoms with van der Waals surface area (Å²) in [6.07, 6.45) is 4.17. The van der Waals surface area contributed by atoms with E-state index in [9.17, 15) is 4.79 Å². The molecule has 8 rings (SSSR count). The molecule has 0 radical (unpaired) electrons. The molecular formula is C42H44ClN7O2S. The molecule has 0 aliphatic carbocycles. The molecule has 1 amide bonds. The van der Waals surface area contributed by atoms with Crippen LogP contribution in [0.4, 0.5) is 0 Å². The second-order valence-electron chi connectivity index (χ2n) is 14.0. The standard InChI is InChI=1S/C42H44ClN7O2S/c1-27-28(2)53-42-39(27)40(31-12-14-33(43)15-13-31)45-36(41-47-46-29(3)50(41)42)24-38(51)48-20-16-34(17-21-48)52-23-19-44-25-32-10-7-11-37-35(32)18-22-49(37)26-30-8-5-4-6-9-30/h4-15,18,22,34,36,44H,16-17,19-21,23-26H2,1-3H3. The summed E-state index contributed by atoms with van der Waals surface area (Å²) in [5, 5.41) is 15.6. The van der Waals surface area contributed by atoms with Gasteiger partial charge in [-0.2, -0.15) is 0 Å². The number of hydrogen-bond acceptors (Lipinski definition) is 7. The van der Waals surface area contributed by atoms with Crippen molar-refractivity contribution in [2.24, 2.45) is 4.99 Å². The Morgan fingerprint density at radius 1 is 0.962 bits per heavy atom. The van der Waals surface area contributed by atoms with Crippen molar-refractivity contribution in [1.82, 2.24) is 29.5 Å². The van der Waals surface area contributed by atoms with Crippen LogP contribution in [0.5, 0.6) is 0 Å². The fourth-order valence-corrected chi connectivity index (χ4v) is 8.92. The summed E-state index contributed by atoms with van der Waals surface area (Å²) >= 11 is 7.98. The molecular weight excluding hydrogens is 702 g/mol. The van der Waals surface area contributed by atoms with Crippen LogP contribution in [0.3, 0.4) is 0 Å². The quantitative estimate of drug-likeness (QED) is 0.136. The fourth-order valence-electron chi connectivity index (χ4n) is 7.58. The molecule has 3 aromatic carbocycles. The number of hydrogen-bond donors (Lipinski definition) is 1. The largest absolute Gasteiger partial charge is 0.377 e. The highest BCUT2D eigenvalue weighted by molar-refractivity contribution is 7.15. The van der Waals surface area contributed by atoms with Gasteiger partial charge in [0.2, 0.25) is 5.91 Å². The van der Waals surface area contributed by atoms with E-state index in [0.29, 0.717) is 30.5 Å². The van der Waals surface area contributed by atoms with E-state index >= 15 is 0 Å². The molecule has 9 nitrogen and oxygen atoms in total. The van der Waals surface area contributed by atoms with Gasteiger partial charge in [-0.05, 0) is 74.6 Å². The van der Waals surface area contributed by atoms with Crippen molar-refractivity contribution in [2.75, 3.05) is 26.2 Å². The summed E-state index contributed by atoms with van der Waals surface area (Å²) in [5.41, 5.74) is 7.89. The molecule has 0 bridgehead atoms. The van der Waals surface area contributed by atoms with Gasteiger partial charge >= 0.3 is 0 Å². The number of aromatic nitrogens is 4. The first-order chi connectivity index (χ1) is 25.8. The molecule has 3 aromatic heterocycles. The molecule has 11 heteroatoms. The molecule has 272 valence electrons. The number of nitrogens with zero attached hydrogens (tertiary/aromatic N) is 6. The highest BCUT2D eigenvalue weighted by Crippen LogP contribution is 2.40. The maximum Gasteiger partial charge on any atom is 0.225 e. The number of amides is 1. The third-order valence-electron chi connectivity index (χ3n) is 10.6. The van der Waals surface area contributed by atoms with Gasteiger partial charge in [-0.25, -0.2) is 0 Å². The van der Waals surface area contributed by atoms with Gasteiger partial charge < -0.3 is 19.5 Å². The second-order valence-corrected chi connectivity index (χ2v) is 15.7. The molecule has 6 aromatic rings. The van der Waals surface area contributed by atoms with Crippen molar-refractivity contribution in [3.8, 4) is 5.00 Å². The summed E-state index contributed by atoms with van der Waals surface area (Å²) in [6, 6.07) is 26.6. The van der Waals surface area contributed by atoms with Crippen molar-refractivity contribution in [3.63, 3.8) is 0 Å². The third-order valence-corrected chi connectivity index (χ3v) is 12.0. The number of piperidine rings is 1. The number of nitrogens with one attached hydrogen (secondary N) is 1. The minimum absolute atomic E-state index is 0.0754. The molecule has 1 fully saturated rings. The van der Waals surface area contributed by atoms with Gasteiger partial charge in [0, 0.05) is 70.9 Å². The molecule has 1 unspecified atom stereocenters.